The highest BCUT2D eigenvalue weighted by Gasteiger charge is 2.21. The van der Waals surface area contributed by atoms with E-state index >= 15 is 0 Å². The fraction of sp³-hybridized carbons (Fsp3) is 0.383. The van der Waals surface area contributed by atoms with E-state index in [0.29, 0.717) is 51.5 Å². The van der Waals surface area contributed by atoms with E-state index in [-0.39, 0.29) is 5.91 Å². The summed E-state index contributed by atoms with van der Waals surface area (Å²) < 4.78 is 32.8. The lowest BCUT2D eigenvalue weighted by molar-refractivity contribution is -0.123. The number of amides is 1. The van der Waals surface area contributed by atoms with Crippen molar-refractivity contribution >= 4 is 39.9 Å². The summed E-state index contributed by atoms with van der Waals surface area (Å²) in [6.45, 7) is 4.61. The molecular formula is C47H56ClN5O5S. The van der Waals surface area contributed by atoms with Crippen LogP contribution in [0.1, 0.15) is 107 Å². The van der Waals surface area contributed by atoms with E-state index in [1.165, 1.54) is 44.9 Å². The van der Waals surface area contributed by atoms with Crippen molar-refractivity contribution in [3.05, 3.63) is 131 Å². The zero-order chi connectivity index (χ0) is 41.2. The second kappa shape index (κ2) is 22.9. The first-order valence-electron chi connectivity index (χ1n) is 21.0. The van der Waals surface area contributed by atoms with Crippen LogP contribution in [-0.2, 0) is 35.3 Å². The van der Waals surface area contributed by atoms with Crippen LogP contribution < -0.4 is 19.0 Å². The van der Waals surface area contributed by atoms with E-state index in [0.717, 1.165) is 61.2 Å². The molecule has 1 amide bonds. The highest BCUT2D eigenvalue weighted by atomic mass is 35.5. The van der Waals surface area contributed by atoms with Crippen LogP contribution in [0, 0.1) is 6.92 Å². The van der Waals surface area contributed by atoms with Gasteiger partial charge in [-0.25, -0.2) is 8.72 Å². The van der Waals surface area contributed by atoms with Gasteiger partial charge < -0.3 is 19.0 Å². The molecule has 2 unspecified atom stereocenters. The Morgan fingerprint density at radius 3 is 2.08 bits per heavy atom. The fourth-order valence-electron chi connectivity index (χ4n) is 6.87. The van der Waals surface area contributed by atoms with E-state index in [2.05, 4.69) is 27.5 Å². The highest BCUT2D eigenvalue weighted by molar-refractivity contribution is 7.80. The molecule has 6 rings (SSSR count). The van der Waals surface area contributed by atoms with Crippen molar-refractivity contribution in [2.24, 2.45) is 0 Å². The number of carbonyl (C=O) groups excluding carboxylic acids is 1. The van der Waals surface area contributed by atoms with E-state index in [1.54, 1.807) is 48.5 Å². The third-order valence-electron chi connectivity index (χ3n) is 10.3. The molecule has 2 N–H and O–H groups in total. The Hall–Kier alpha value is -5.13. The molecule has 0 bridgehead atoms. The van der Waals surface area contributed by atoms with E-state index < -0.39 is 17.2 Å². The number of unbranched alkanes of at least 4 members (excludes halogenated alkanes) is 9. The van der Waals surface area contributed by atoms with E-state index in [4.69, 9.17) is 25.3 Å². The van der Waals surface area contributed by atoms with Crippen LogP contribution in [0.4, 0.5) is 5.69 Å². The maximum Gasteiger partial charge on any atom is 0.265 e. The quantitative estimate of drug-likeness (QED) is 0.0551. The summed E-state index contributed by atoms with van der Waals surface area (Å²) in [7, 11) is 0. The Labute approximate surface area is 355 Å². The van der Waals surface area contributed by atoms with E-state index in [1.807, 2.05) is 66.0 Å². The number of nitrogens with one attached hydrogen (secondary N) is 2. The third kappa shape index (κ3) is 13.4. The molecule has 0 saturated heterocycles. The number of fused-ring (bicyclic) bond motifs is 1. The second-order valence-electron chi connectivity index (χ2n) is 15.0. The molecule has 0 saturated carbocycles. The summed E-state index contributed by atoms with van der Waals surface area (Å²) >= 11 is 4.58. The molecule has 0 aliphatic rings. The monoisotopic (exact) mass is 837 g/mol. The van der Waals surface area contributed by atoms with Crippen molar-refractivity contribution in [3.63, 3.8) is 0 Å². The van der Waals surface area contributed by atoms with Crippen LogP contribution in [-0.4, -0.2) is 36.0 Å². The average molecular weight is 839 g/mol. The first kappa shape index (κ1) is 43.4. The van der Waals surface area contributed by atoms with Crippen LogP contribution in [0.25, 0.3) is 5.65 Å². The van der Waals surface area contributed by atoms with Gasteiger partial charge in [0.15, 0.2) is 17.6 Å². The number of anilines is 1. The van der Waals surface area contributed by atoms with Crippen LogP contribution in [0.5, 0.6) is 17.2 Å². The third-order valence-corrected chi connectivity index (χ3v) is 11.7. The molecule has 59 heavy (non-hydrogen) atoms. The largest absolute Gasteiger partial charge is 0.489 e. The number of benzene rings is 4. The maximum absolute atomic E-state index is 13.7. The lowest BCUT2D eigenvalue weighted by Crippen LogP contribution is -2.33. The summed E-state index contributed by atoms with van der Waals surface area (Å²) in [6.07, 6.45) is 14.5. The minimum absolute atomic E-state index is 0.193. The van der Waals surface area contributed by atoms with Gasteiger partial charge in [0.1, 0.15) is 28.9 Å². The molecule has 2 atom stereocenters. The van der Waals surface area contributed by atoms with Gasteiger partial charge in [-0.15, -0.1) is 10.2 Å². The Kier molecular flexibility index (Phi) is 16.8. The Bertz CT molecular complexity index is 2190. The number of nitrogens with zero attached hydrogens (tertiary/aromatic N) is 3. The molecule has 0 aliphatic heterocycles. The topological polar surface area (TPSA) is 120 Å². The molecular weight excluding hydrogens is 782 g/mol. The molecule has 4 aromatic carbocycles. The van der Waals surface area contributed by atoms with Gasteiger partial charge >= 0.3 is 0 Å². The Balaban J connectivity index is 0.996. The summed E-state index contributed by atoms with van der Waals surface area (Å²) in [5, 5.41) is 15.4. The van der Waals surface area contributed by atoms with Gasteiger partial charge in [-0.05, 0) is 104 Å². The Morgan fingerprint density at radius 2 is 1.39 bits per heavy atom. The van der Waals surface area contributed by atoms with Crippen molar-refractivity contribution in [2.75, 3.05) is 5.32 Å². The van der Waals surface area contributed by atoms with Crippen LogP contribution >= 0.6 is 11.6 Å². The van der Waals surface area contributed by atoms with Crippen LogP contribution in [0.3, 0.4) is 0 Å². The predicted molar refractivity (Wildman–Crippen MR) is 236 cm³/mol. The normalized spacial score (nSPS) is 12.3. The number of H-pyrrole nitrogens is 1. The van der Waals surface area contributed by atoms with Crippen LogP contribution in [0.15, 0.2) is 108 Å². The lowest BCUT2D eigenvalue weighted by atomic mass is 10.0. The standard InChI is InChI=1S/C47H56ClN5O5S/c1-3-4-5-6-7-8-9-10-11-15-20-43(47(54)49-38-24-22-36(23-25-38)19-16-21-44-50-51-46-45(48)35(2)52-53(44)46)57-40-26-28-41(29-27-40)58-59(55)42-32-30-39(31-33-42)56-34-37-17-13-12-14-18-37/h12-14,17-18,22-33,43,52H,3-11,15-16,19-21,34H2,1-2H3,(H,49,54). The van der Waals surface area contributed by atoms with Crippen molar-refractivity contribution in [1.82, 2.24) is 19.8 Å². The van der Waals surface area contributed by atoms with Gasteiger partial charge in [0, 0.05) is 12.1 Å². The van der Waals surface area contributed by atoms with Crippen molar-refractivity contribution in [3.8, 4) is 17.2 Å². The first-order chi connectivity index (χ1) is 28.9. The molecule has 2 heterocycles. The molecule has 0 radical (unpaired) electrons. The molecule has 2 aromatic heterocycles. The number of halogens is 1. The predicted octanol–water partition coefficient (Wildman–Crippen LogP) is 11.6. The van der Waals surface area contributed by atoms with Crippen LogP contribution in [0.2, 0.25) is 5.02 Å². The Morgan fingerprint density at radius 1 is 0.746 bits per heavy atom. The van der Waals surface area contributed by atoms with Gasteiger partial charge in [0.05, 0.1) is 10.6 Å². The average Bonchev–Trinajstić information content (AvgIpc) is 3.79. The zero-order valence-corrected chi connectivity index (χ0v) is 35.7. The maximum atomic E-state index is 13.7. The summed E-state index contributed by atoms with van der Waals surface area (Å²) in [4.78, 5) is 14.2. The molecule has 10 nitrogen and oxygen atoms in total. The lowest BCUT2D eigenvalue weighted by Gasteiger charge is -2.19. The molecule has 12 heteroatoms. The second-order valence-corrected chi connectivity index (χ2v) is 16.5. The SMILES string of the molecule is CCCCCCCCCCCCC(Oc1ccc(OS(=O)c2ccc(OCc3ccccc3)cc2)cc1)C(=O)Nc1ccc(CCCc2nnc3c(Cl)c(C)[nH]n23)cc1. The first-order valence-corrected chi connectivity index (χ1v) is 22.4. The highest BCUT2D eigenvalue weighted by Crippen LogP contribution is 2.25. The molecule has 6 aromatic rings. The molecule has 0 fully saturated rings. The number of hydrogen-bond donors (Lipinski definition) is 2. The zero-order valence-electron chi connectivity index (χ0n) is 34.2. The van der Waals surface area contributed by atoms with Gasteiger partial charge in [-0.3, -0.25) is 9.89 Å². The van der Waals surface area contributed by atoms with Gasteiger partial charge in [-0.2, -0.15) is 0 Å². The number of carbonyl (C=O) groups is 1. The number of ether oxygens (including phenoxy) is 2. The summed E-state index contributed by atoms with van der Waals surface area (Å²) in [5.74, 6) is 2.29. The summed E-state index contributed by atoms with van der Waals surface area (Å²) in [5.41, 5.74) is 4.47. The minimum Gasteiger partial charge on any atom is -0.489 e. The molecule has 0 aliphatic carbocycles. The number of hydrogen-bond acceptors (Lipinski definition) is 7. The summed E-state index contributed by atoms with van der Waals surface area (Å²) in [6, 6.07) is 31.8. The van der Waals surface area contributed by atoms with Crippen molar-refractivity contribution < 1.29 is 22.7 Å². The minimum atomic E-state index is -1.73. The fourth-order valence-corrected chi connectivity index (χ4v) is 7.78. The van der Waals surface area contributed by atoms with E-state index in [9.17, 15) is 9.00 Å². The number of aryl methyl sites for hydroxylation is 3. The molecule has 0 spiro atoms. The van der Waals surface area contributed by atoms with Gasteiger partial charge in [0.25, 0.3) is 5.91 Å². The van der Waals surface area contributed by atoms with Crippen molar-refractivity contribution in [2.45, 2.75) is 121 Å². The van der Waals surface area contributed by atoms with Gasteiger partial charge in [-0.1, -0.05) is 119 Å². The van der Waals surface area contributed by atoms with Gasteiger partial charge in [0.2, 0.25) is 11.1 Å². The molecule has 312 valence electrons. The number of rotatable bonds is 25. The smallest absolute Gasteiger partial charge is 0.265 e. The number of aromatic amines is 1. The number of aromatic nitrogens is 4. The van der Waals surface area contributed by atoms with Crippen molar-refractivity contribution in [1.29, 1.82) is 0 Å².